The van der Waals surface area contributed by atoms with Crippen LogP contribution in [0, 0.1) is 10.1 Å². The predicted octanol–water partition coefficient (Wildman–Crippen LogP) is 3.57. The van der Waals surface area contributed by atoms with Gasteiger partial charge in [0.25, 0.3) is 5.70 Å². The number of anilines is 1. The SMILES string of the molecule is CC.[2H]c1cccc(NC2=C([N+](=O)[O-])CC=C2)c1. The lowest BCUT2D eigenvalue weighted by atomic mass is 10.3. The van der Waals surface area contributed by atoms with Crippen molar-refractivity contribution < 1.29 is 6.29 Å². The van der Waals surface area contributed by atoms with Crippen LogP contribution >= 0.6 is 0 Å². The number of allylic oxidation sites excluding steroid dienone is 2. The highest BCUT2D eigenvalue weighted by molar-refractivity contribution is 5.52. The lowest BCUT2D eigenvalue weighted by Gasteiger charge is -2.04. The van der Waals surface area contributed by atoms with E-state index in [-0.39, 0.29) is 10.6 Å². The van der Waals surface area contributed by atoms with Gasteiger partial charge in [-0.05, 0) is 18.2 Å². The third-order valence-electron chi connectivity index (χ3n) is 2.11. The molecule has 0 heterocycles. The van der Waals surface area contributed by atoms with E-state index in [1.54, 1.807) is 36.4 Å². The fourth-order valence-corrected chi connectivity index (χ4v) is 1.41. The highest BCUT2D eigenvalue weighted by atomic mass is 16.6. The van der Waals surface area contributed by atoms with Gasteiger partial charge < -0.3 is 5.32 Å². The third kappa shape index (κ3) is 3.45. The maximum absolute atomic E-state index is 10.7. The van der Waals surface area contributed by atoms with Crippen LogP contribution in [0.1, 0.15) is 21.6 Å². The Morgan fingerprint density at radius 1 is 1.41 bits per heavy atom. The molecule has 0 amide bonds. The average molecular weight is 233 g/mol. The van der Waals surface area contributed by atoms with Crippen molar-refractivity contribution in [1.82, 2.24) is 0 Å². The van der Waals surface area contributed by atoms with Crippen LogP contribution in [0.15, 0.2) is 53.9 Å². The van der Waals surface area contributed by atoms with Gasteiger partial charge in [0.1, 0.15) is 5.70 Å². The van der Waals surface area contributed by atoms with E-state index in [1.807, 2.05) is 13.8 Å². The highest BCUT2D eigenvalue weighted by Gasteiger charge is 2.19. The molecular formula is C13H16N2O2. The molecule has 0 unspecified atom stereocenters. The maximum Gasteiger partial charge on any atom is 0.273 e. The summed E-state index contributed by atoms with van der Waals surface area (Å²) in [5.74, 6) is 0. The zero-order valence-corrected chi connectivity index (χ0v) is 9.93. The largest absolute Gasteiger partial charge is 0.350 e. The van der Waals surface area contributed by atoms with Crippen LogP contribution in [0.3, 0.4) is 0 Å². The van der Waals surface area contributed by atoms with E-state index in [0.29, 0.717) is 23.8 Å². The fourth-order valence-electron chi connectivity index (χ4n) is 1.41. The molecule has 1 aromatic carbocycles. The number of nitrogens with zero attached hydrogens (tertiary/aromatic N) is 1. The molecule has 1 aliphatic rings. The molecule has 90 valence electrons. The van der Waals surface area contributed by atoms with Crippen LogP contribution < -0.4 is 5.32 Å². The number of benzene rings is 1. The van der Waals surface area contributed by atoms with Gasteiger partial charge >= 0.3 is 0 Å². The Bertz CT molecular complexity index is 496. The molecule has 17 heavy (non-hydrogen) atoms. The molecule has 0 radical (unpaired) electrons. The topological polar surface area (TPSA) is 55.2 Å². The minimum absolute atomic E-state index is 0.162. The van der Waals surface area contributed by atoms with Crippen LogP contribution in [0.4, 0.5) is 5.69 Å². The molecule has 0 bridgehead atoms. The summed E-state index contributed by atoms with van der Waals surface area (Å²) in [6.45, 7) is 4.00. The number of nitrogens with one attached hydrogen (secondary N) is 1. The molecule has 0 aromatic heterocycles. The van der Waals surface area contributed by atoms with E-state index in [1.165, 1.54) is 0 Å². The Kier molecular flexibility index (Phi) is 4.34. The van der Waals surface area contributed by atoms with Gasteiger partial charge in [-0.15, -0.1) is 0 Å². The first-order chi connectivity index (χ1) is 8.66. The summed E-state index contributed by atoms with van der Waals surface area (Å²) < 4.78 is 7.44. The molecule has 1 aliphatic carbocycles. The van der Waals surface area contributed by atoms with Crippen LogP contribution in [-0.4, -0.2) is 4.92 Å². The quantitative estimate of drug-likeness (QED) is 0.641. The van der Waals surface area contributed by atoms with E-state index < -0.39 is 0 Å². The van der Waals surface area contributed by atoms with Crippen molar-refractivity contribution in [3.05, 3.63) is 64.0 Å². The van der Waals surface area contributed by atoms with Gasteiger partial charge in [-0.3, -0.25) is 10.1 Å². The molecule has 0 saturated carbocycles. The van der Waals surface area contributed by atoms with Gasteiger partial charge in [0.2, 0.25) is 0 Å². The standard InChI is InChI=1S/C11H10N2O2.C2H6/c14-13(15)11-8-4-7-10(11)12-9-5-2-1-3-6-9;1-2/h1-7,12H,8H2;1-2H3/i2D;. The van der Waals surface area contributed by atoms with Crippen LogP contribution in [0.25, 0.3) is 0 Å². The molecule has 0 spiro atoms. The first-order valence-electron chi connectivity index (χ1n) is 6.04. The van der Waals surface area contributed by atoms with Crippen molar-refractivity contribution in [2.24, 2.45) is 0 Å². The van der Waals surface area contributed by atoms with Crippen LogP contribution in [0.5, 0.6) is 0 Å². The Hall–Kier alpha value is -2.10. The number of hydrogen-bond donors (Lipinski definition) is 1. The van der Waals surface area contributed by atoms with E-state index in [2.05, 4.69) is 5.32 Å². The van der Waals surface area contributed by atoms with Crippen molar-refractivity contribution in [3.63, 3.8) is 0 Å². The van der Waals surface area contributed by atoms with Gasteiger partial charge in [0.05, 0.1) is 12.7 Å². The van der Waals surface area contributed by atoms with Gasteiger partial charge in [0, 0.05) is 5.69 Å². The fraction of sp³-hybridized carbons (Fsp3) is 0.231. The second-order valence-corrected chi connectivity index (χ2v) is 3.14. The molecule has 0 saturated heterocycles. The zero-order valence-electron chi connectivity index (χ0n) is 10.9. The molecule has 4 heteroatoms. The third-order valence-corrected chi connectivity index (χ3v) is 2.11. The zero-order chi connectivity index (χ0) is 13.5. The van der Waals surface area contributed by atoms with Gasteiger partial charge in [-0.25, -0.2) is 0 Å². The van der Waals surface area contributed by atoms with Crippen molar-refractivity contribution >= 4 is 5.69 Å². The van der Waals surface area contributed by atoms with Crippen LogP contribution in [-0.2, 0) is 0 Å². The summed E-state index contributed by atoms with van der Waals surface area (Å²) in [5.41, 5.74) is 1.35. The first kappa shape index (κ1) is 11.4. The molecule has 0 aliphatic heterocycles. The molecule has 0 atom stereocenters. The molecule has 1 aromatic rings. The summed E-state index contributed by atoms with van der Waals surface area (Å²) >= 11 is 0. The Balaban J connectivity index is 0.000000771. The summed E-state index contributed by atoms with van der Waals surface area (Å²) in [5, 5.41) is 13.6. The van der Waals surface area contributed by atoms with Crippen molar-refractivity contribution in [2.45, 2.75) is 20.3 Å². The summed E-state index contributed by atoms with van der Waals surface area (Å²) in [4.78, 5) is 10.3. The van der Waals surface area contributed by atoms with E-state index in [4.69, 9.17) is 1.37 Å². The summed E-state index contributed by atoms with van der Waals surface area (Å²) in [6.07, 6.45) is 3.77. The Morgan fingerprint density at radius 3 is 2.82 bits per heavy atom. The molecule has 1 N–H and O–H groups in total. The second kappa shape index (κ2) is 6.48. The molecule has 4 nitrogen and oxygen atoms in total. The van der Waals surface area contributed by atoms with Gasteiger partial charge in [0.15, 0.2) is 0 Å². The number of para-hydroxylation sites is 1. The number of rotatable bonds is 3. The lowest BCUT2D eigenvalue weighted by Crippen LogP contribution is -2.04. The minimum atomic E-state index is -0.382. The van der Waals surface area contributed by atoms with E-state index >= 15 is 0 Å². The average Bonchev–Trinajstić information content (AvgIpc) is 2.80. The van der Waals surface area contributed by atoms with E-state index in [9.17, 15) is 10.1 Å². The monoisotopic (exact) mass is 233 g/mol. The van der Waals surface area contributed by atoms with Gasteiger partial charge in [-0.2, -0.15) is 0 Å². The number of hydrogen-bond acceptors (Lipinski definition) is 3. The Labute approximate surface area is 102 Å². The predicted molar refractivity (Wildman–Crippen MR) is 69.2 cm³/mol. The Morgan fingerprint density at radius 2 is 2.18 bits per heavy atom. The maximum atomic E-state index is 10.7. The second-order valence-electron chi connectivity index (χ2n) is 3.14. The van der Waals surface area contributed by atoms with Crippen molar-refractivity contribution in [3.8, 4) is 0 Å². The molecular weight excluding hydrogens is 216 g/mol. The van der Waals surface area contributed by atoms with Crippen LogP contribution in [0.2, 0.25) is 0 Å². The first-order valence-corrected chi connectivity index (χ1v) is 5.54. The van der Waals surface area contributed by atoms with Crippen molar-refractivity contribution in [2.75, 3.05) is 5.32 Å². The number of nitro groups is 1. The smallest absolute Gasteiger partial charge is 0.273 e. The minimum Gasteiger partial charge on any atom is -0.350 e. The molecule has 0 fully saturated rings. The normalized spacial score (nSPS) is 13.9. The highest BCUT2D eigenvalue weighted by Crippen LogP contribution is 2.21. The van der Waals surface area contributed by atoms with Crippen molar-refractivity contribution in [1.29, 1.82) is 0 Å². The van der Waals surface area contributed by atoms with Gasteiger partial charge in [-0.1, -0.05) is 38.1 Å². The lowest BCUT2D eigenvalue weighted by molar-refractivity contribution is -0.427. The molecule has 2 rings (SSSR count). The summed E-state index contributed by atoms with van der Waals surface area (Å²) in [6, 6.07) is 7.15. The van der Waals surface area contributed by atoms with E-state index in [0.717, 1.165) is 0 Å². The summed E-state index contributed by atoms with van der Waals surface area (Å²) in [7, 11) is 0.